The van der Waals surface area contributed by atoms with Gasteiger partial charge in [0.25, 0.3) is 0 Å². The van der Waals surface area contributed by atoms with Crippen molar-refractivity contribution in [2.75, 3.05) is 0 Å². The maximum Gasteiger partial charge on any atom is 0.142 e. The van der Waals surface area contributed by atoms with Crippen LogP contribution in [0.1, 0.15) is 22.1 Å². The molecule has 1 aromatic heterocycles. The van der Waals surface area contributed by atoms with E-state index in [1.165, 1.54) is 18.2 Å². The summed E-state index contributed by atoms with van der Waals surface area (Å²) < 4.78 is 77.7. The summed E-state index contributed by atoms with van der Waals surface area (Å²) in [6.07, 6.45) is -1.11. The van der Waals surface area contributed by atoms with Gasteiger partial charge in [0, 0.05) is 52.2 Å². The number of rotatable bonds is 2. The van der Waals surface area contributed by atoms with Crippen LogP contribution in [0.5, 0.6) is 0 Å². The molecule has 0 aliphatic carbocycles. The summed E-state index contributed by atoms with van der Waals surface area (Å²) in [5.74, 6) is -1.03. The molecule has 0 fully saturated rings. The van der Waals surface area contributed by atoms with Crippen molar-refractivity contribution in [1.29, 1.82) is 0 Å². The van der Waals surface area contributed by atoms with Gasteiger partial charge in [-0.3, -0.25) is 14.2 Å². The van der Waals surface area contributed by atoms with Crippen LogP contribution in [0.2, 0.25) is 0 Å². The summed E-state index contributed by atoms with van der Waals surface area (Å²) in [4.78, 5) is 6.97. The number of hydrogen-bond donors (Lipinski definition) is 0. The Labute approximate surface area is 159 Å². The second kappa shape index (κ2) is 6.87. The Morgan fingerprint density at radius 2 is 2.13 bits per heavy atom. The summed E-state index contributed by atoms with van der Waals surface area (Å²) in [5, 5.41) is 0. The molecule has 0 spiro atoms. The molecular formula is C18H13FIrN3-. The fraction of sp³-hybridized carbons (Fsp3) is 0.111. The van der Waals surface area contributed by atoms with Gasteiger partial charge in [0.15, 0.2) is 0 Å². The van der Waals surface area contributed by atoms with E-state index in [1.807, 2.05) is 0 Å². The SMILES string of the molecule is [2H]c1nc(-c2[c-]cc(F)c([N+]#[C-])c2)n(-c2c(C([2H])([2H])[2H])cccc2C([2H])([2H])[2H])c1[2H].[Ir]. The van der Waals surface area contributed by atoms with Crippen LogP contribution in [-0.4, -0.2) is 9.55 Å². The quantitative estimate of drug-likeness (QED) is 0.480. The van der Waals surface area contributed by atoms with E-state index >= 15 is 0 Å². The number of hydrogen-bond acceptors (Lipinski definition) is 1. The fourth-order valence-corrected chi connectivity index (χ4v) is 2.03. The molecule has 3 rings (SSSR count). The molecule has 0 amide bonds. The van der Waals surface area contributed by atoms with Gasteiger partial charge >= 0.3 is 0 Å². The zero-order chi connectivity index (χ0) is 22.4. The van der Waals surface area contributed by atoms with Crippen LogP contribution >= 0.6 is 0 Å². The molecular weight excluding hydrogens is 469 g/mol. The molecule has 117 valence electrons. The van der Waals surface area contributed by atoms with E-state index in [2.05, 4.69) is 15.9 Å². The minimum atomic E-state index is -2.74. The molecule has 0 saturated heterocycles. The number of aryl methyl sites for hydroxylation is 2. The first-order valence-corrected chi connectivity index (χ1v) is 6.15. The van der Waals surface area contributed by atoms with E-state index in [0.717, 1.165) is 16.7 Å². The number of nitrogens with zero attached hydrogens (tertiary/aromatic N) is 3. The largest absolute Gasteiger partial charge is 0.340 e. The monoisotopic (exact) mass is 491 g/mol. The predicted molar refractivity (Wildman–Crippen MR) is 83.5 cm³/mol. The third-order valence-electron chi connectivity index (χ3n) is 3.04. The van der Waals surface area contributed by atoms with E-state index in [4.69, 9.17) is 17.5 Å². The Hall–Kier alpha value is -2.28. The van der Waals surface area contributed by atoms with Crippen LogP contribution < -0.4 is 0 Å². The maximum atomic E-state index is 13.7. The van der Waals surface area contributed by atoms with E-state index in [9.17, 15) is 4.39 Å². The topological polar surface area (TPSA) is 22.2 Å². The van der Waals surface area contributed by atoms with Gasteiger partial charge in [-0.15, -0.1) is 23.8 Å². The van der Waals surface area contributed by atoms with Crippen LogP contribution in [0.15, 0.2) is 42.7 Å². The first-order valence-electron chi connectivity index (χ1n) is 10.2. The fourth-order valence-electron chi connectivity index (χ4n) is 2.03. The molecule has 0 aliphatic heterocycles. The van der Waals surface area contributed by atoms with E-state index in [-0.39, 0.29) is 54.0 Å². The molecule has 0 aliphatic rings. The molecule has 23 heavy (non-hydrogen) atoms. The number of benzene rings is 2. The molecule has 1 heterocycles. The van der Waals surface area contributed by atoms with Crippen molar-refractivity contribution in [2.45, 2.75) is 13.7 Å². The van der Waals surface area contributed by atoms with E-state index in [1.54, 1.807) is 0 Å². The Morgan fingerprint density at radius 1 is 1.39 bits per heavy atom. The third-order valence-corrected chi connectivity index (χ3v) is 3.04. The number of para-hydroxylation sites is 1. The summed E-state index contributed by atoms with van der Waals surface area (Å²) in [5.41, 5.74) is -1.39. The minimum Gasteiger partial charge on any atom is -0.340 e. The van der Waals surface area contributed by atoms with Gasteiger partial charge in [-0.2, -0.15) is 0 Å². The summed E-state index contributed by atoms with van der Waals surface area (Å²) in [6, 6.07) is 8.23. The van der Waals surface area contributed by atoms with Crippen molar-refractivity contribution in [3.63, 3.8) is 0 Å². The van der Waals surface area contributed by atoms with Gasteiger partial charge in [0.05, 0.1) is 15.1 Å². The van der Waals surface area contributed by atoms with Gasteiger partial charge in [-0.1, -0.05) is 18.2 Å². The van der Waals surface area contributed by atoms with Gasteiger partial charge in [-0.25, -0.2) is 0 Å². The molecule has 0 saturated carbocycles. The van der Waals surface area contributed by atoms with Crippen molar-refractivity contribution in [3.05, 3.63) is 77.1 Å². The average Bonchev–Trinajstić information content (AvgIpc) is 2.94. The molecule has 5 heteroatoms. The van der Waals surface area contributed by atoms with Crippen molar-refractivity contribution >= 4 is 5.69 Å². The van der Waals surface area contributed by atoms with Crippen molar-refractivity contribution in [3.8, 4) is 17.1 Å². The van der Waals surface area contributed by atoms with E-state index in [0.29, 0.717) is 0 Å². The minimum absolute atomic E-state index is 0. The second-order valence-electron chi connectivity index (χ2n) is 4.39. The molecule has 1 radical (unpaired) electrons. The normalized spacial score (nSPS) is 16.2. The van der Waals surface area contributed by atoms with Crippen LogP contribution in [0.25, 0.3) is 21.9 Å². The molecule has 2 aromatic carbocycles. The Morgan fingerprint density at radius 3 is 2.78 bits per heavy atom. The third kappa shape index (κ3) is 3.10. The van der Waals surface area contributed by atoms with Crippen LogP contribution in [0.4, 0.5) is 10.1 Å². The van der Waals surface area contributed by atoms with Crippen molar-refractivity contribution in [2.24, 2.45) is 0 Å². The second-order valence-corrected chi connectivity index (χ2v) is 4.39. The zero-order valence-electron chi connectivity index (χ0n) is 19.4. The number of imidazole rings is 1. The van der Waals surface area contributed by atoms with Crippen LogP contribution in [0, 0.1) is 32.2 Å². The smallest absolute Gasteiger partial charge is 0.142 e. The Balaban J connectivity index is 0.00000341. The number of aromatic nitrogens is 2. The zero-order valence-corrected chi connectivity index (χ0v) is 13.8. The number of halogens is 1. The maximum absolute atomic E-state index is 13.7. The Kier molecular flexibility index (Phi) is 2.72. The first kappa shape index (κ1) is 9.12. The molecule has 0 N–H and O–H groups in total. The summed E-state index contributed by atoms with van der Waals surface area (Å²) in [7, 11) is 0. The average molecular weight is 491 g/mol. The van der Waals surface area contributed by atoms with Gasteiger partial charge in [0.1, 0.15) is 5.69 Å². The van der Waals surface area contributed by atoms with Gasteiger partial charge in [0.2, 0.25) is 0 Å². The van der Waals surface area contributed by atoms with Gasteiger partial charge < -0.3 is 4.57 Å². The summed E-state index contributed by atoms with van der Waals surface area (Å²) in [6.45, 7) is 1.59. The van der Waals surface area contributed by atoms with E-state index < -0.39 is 31.9 Å². The molecule has 3 aromatic rings. The molecule has 3 nitrogen and oxygen atoms in total. The van der Waals surface area contributed by atoms with Crippen molar-refractivity contribution < 1.29 is 35.5 Å². The summed E-state index contributed by atoms with van der Waals surface area (Å²) >= 11 is 0. The Bertz CT molecular complexity index is 1150. The van der Waals surface area contributed by atoms with Crippen molar-refractivity contribution in [1.82, 2.24) is 9.55 Å². The molecule has 0 atom stereocenters. The van der Waals surface area contributed by atoms with Crippen LogP contribution in [-0.2, 0) is 20.1 Å². The standard InChI is InChI=1S/C18H13FN3.Ir/c1-12-5-4-6-13(2)17(12)22-10-9-21-18(22)14-7-8-15(19)16(11-14)20-3;/h4-6,8-11H,1-2H3;/q-1;/i1D3,2D3,9D,10D;. The van der Waals surface area contributed by atoms with Crippen LogP contribution in [0.3, 0.4) is 0 Å². The first-order chi connectivity index (χ1) is 13.9. The predicted octanol–water partition coefficient (Wildman–Crippen LogP) is 4.64. The molecule has 0 bridgehead atoms. The molecule has 0 unspecified atom stereocenters. The van der Waals surface area contributed by atoms with Gasteiger partial charge in [-0.05, 0) is 24.8 Å².